The summed E-state index contributed by atoms with van der Waals surface area (Å²) in [6.07, 6.45) is -4.87. The van der Waals surface area contributed by atoms with Crippen molar-refractivity contribution in [2.24, 2.45) is 5.73 Å². The molecule has 0 fully saturated rings. The number of carbonyl (C=O) groups is 4. The molecule has 3 heterocycles. The van der Waals surface area contributed by atoms with Crippen LogP contribution in [0.4, 0.5) is 0 Å². The molecule has 0 spiro atoms. The number of ether oxygens (including phenoxy) is 5. The molecule has 14 nitrogen and oxygen atoms in total. The summed E-state index contributed by atoms with van der Waals surface area (Å²) in [6, 6.07) is 5.69. The second kappa shape index (κ2) is 13.9. The van der Waals surface area contributed by atoms with Crippen LogP contribution in [0.15, 0.2) is 46.8 Å². The Morgan fingerprint density at radius 2 is 1.76 bits per heavy atom. The Morgan fingerprint density at radius 3 is 2.39 bits per heavy atom. The highest BCUT2D eigenvalue weighted by atomic mass is 35.5. The van der Waals surface area contributed by atoms with Crippen LogP contribution in [0.25, 0.3) is 0 Å². The molecule has 224 valence electrons. The molecule has 2 bridgehead atoms. The minimum Gasteiger partial charge on any atom is -0.465 e. The van der Waals surface area contributed by atoms with Gasteiger partial charge in [0.05, 0.1) is 51.5 Å². The van der Waals surface area contributed by atoms with Crippen molar-refractivity contribution in [2.75, 3.05) is 46.7 Å². The molecule has 0 saturated heterocycles. The van der Waals surface area contributed by atoms with Crippen molar-refractivity contribution in [3.63, 3.8) is 0 Å². The standard InChI is InChI=1S/C26H31ClN2O12/c1-4-39-23(33)19-17(13-38-11-10-37-9-8-28)29-14(2)18(22(32)36-3)26(19,15-6-5-7-16(27)12-15)40-24(34)20(30)21(31)25(35)41-29/h5-7,12,20-21,30-31H,4,8-11,13,28H2,1-3H3. The Kier molecular flexibility index (Phi) is 10.8. The lowest BCUT2D eigenvalue weighted by Crippen LogP contribution is -2.55. The maximum Gasteiger partial charge on any atom is 0.364 e. The Hall–Kier alpha value is -3.53. The van der Waals surface area contributed by atoms with E-state index >= 15 is 0 Å². The molecule has 3 aliphatic heterocycles. The van der Waals surface area contributed by atoms with E-state index in [9.17, 15) is 29.4 Å². The molecule has 1 aromatic carbocycles. The maximum atomic E-state index is 13.7. The number of allylic oxidation sites excluding steroid dienone is 1. The number of benzene rings is 1. The Labute approximate surface area is 240 Å². The number of carbonyl (C=O) groups excluding carboxylic acids is 4. The molecular formula is C26H31ClN2O12. The van der Waals surface area contributed by atoms with E-state index in [-0.39, 0.29) is 55.0 Å². The first-order valence-electron chi connectivity index (χ1n) is 12.5. The summed E-state index contributed by atoms with van der Waals surface area (Å²) in [6.45, 7) is 2.86. The van der Waals surface area contributed by atoms with Gasteiger partial charge in [0.1, 0.15) is 11.1 Å². The lowest BCUT2D eigenvalue weighted by molar-refractivity contribution is -0.206. The third-order valence-corrected chi connectivity index (χ3v) is 6.33. The van der Waals surface area contributed by atoms with Gasteiger partial charge in [0.25, 0.3) is 0 Å². The average molecular weight is 599 g/mol. The largest absolute Gasteiger partial charge is 0.465 e. The predicted molar refractivity (Wildman–Crippen MR) is 138 cm³/mol. The van der Waals surface area contributed by atoms with Crippen molar-refractivity contribution >= 4 is 35.5 Å². The minimum atomic E-state index is -2.49. The van der Waals surface area contributed by atoms with Gasteiger partial charge in [-0.3, -0.25) is 0 Å². The van der Waals surface area contributed by atoms with Gasteiger partial charge in [-0.05, 0) is 26.0 Å². The molecule has 41 heavy (non-hydrogen) atoms. The lowest BCUT2D eigenvalue weighted by atomic mass is 9.75. The van der Waals surface area contributed by atoms with Gasteiger partial charge in [0, 0.05) is 17.1 Å². The Balaban J connectivity index is 2.43. The summed E-state index contributed by atoms with van der Waals surface area (Å²) < 4.78 is 27.1. The molecule has 4 rings (SSSR count). The number of rotatable bonds is 11. The fourth-order valence-corrected chi connectivity index (χ4v) is 4.53. The van der Waals surface area contributed by atoms with Crippen LogP contribution in [0.1, 0.15) is 19.4 Å². The summed E-state index contributed by atoms with van der Waals surface area (Å²) in [5, 5.41) is 21.7. The molecule has 0 amide bonds. The second-order valence-corrected chi connectivity index (χ2v) is 9.09. The first-order chi connectivity index (χ1) is 19.5. The number of hydrogen-bond donors (Lipinski definition) is 3. The molecule has 15 heteroatoms. The molecule has 0 aliphatic carbocycles. The van der Waals surface area contributed by atoms with Crippen LogP contribution < -0.4 is 5.73 Å². The van der Waals surface area contributed by atoms with Crippen LogP contribution in [0.3, 0.4) is 0 Å². The summed E-state index contributed by atoms with van der Waals surface area (Å²) in [4.78, 5) is 58.6. The van der Waals surface area contributed by atoms with Gasteiger partial charge in [-0.2, -0.15) is 5.06 Å². The van der Waals surface area contributed by atoms with E-state index < -0.39 is 59.4 Å². The van der Waals surface area contributed by atoms with Gasteiger partial charge in [0.2, 0.25) is 5.60 Å². The van der Waals surface area contributed by atoms with Crippen molar-refractivity contribution in [3.05, 3.63) is 57.4 Å². The van der Waals surface area contributed by atoms with Crippen molar-refractivity contribution in [1.29, 1.82) is 0 Å². The number of esters is 3. The number of fused-ring (bicyclic) bond motifs is 5. The molecule has 3 aliphatic rings. The van der Waals surface area contributed by atoms with Gasteiger partial charge in [-0.1, -0.05) is 23.7 Å². The second-order valence-electron chi connectivity index (χ2n) is 8.65. The zero-order chi connectivity index (χ0) is 30.3. The van der Waals surface area contributed by atoms with E-state index in [1.54, 1.807) is 0 Å². The third-order valence-electron chi connectivity index (χ3n) is 6.09. The highest BCUT2D eigenvalue weighted by Crippen LogP contribution is 2.50. The maximum absolute atomic E-state index is 13.7. The van der Waals surface area contributed by atoms with Crippen LogP contribution in [-0.4, -0.2) is 98.1 Å². The molecule has 0 aromatic heterocycles. The monoisotopic (exact) mass is 598 g/mol. The fraction of sp³-hybridized carbons (Fsp3) is 0.462. The predicted octanol–water partition coefficient (Wildman–Crippen LogP) is -0.156. The average Bonchev–Trinajstić information content (AvgIpc) is 2.94. The summed E-state index contributed by atoms with van der Waals surface area (Å²) in [5.41, 5.74) is 1.51. The zero-order valence-corrected chi connectivity index (χ0v) is 23.3. The van der Waals surface area contributed by atoms with Gasteiger partial charge in [0.15, 0.2) is 12.2 Å². The van der Waals surface area contributed by atoms with Crippen molar-refractivity contribution in [1.82, 2.24) is 5.06 Å². The highest BCUT2D eigenvalue weighted by Gasteiger charge is 2.59. The van der Waals surface area contributed by atoms with Gasteiger partial charge >= 0.3 is 23.9 Å². The summed E-state index contributed by atoms with van der Waals surface area (Å²) >= 11 is 6.28. The van der Waals surface area contributed by atoms with Crippen LogP contribution in [0.2, 0.25) is 5.02 Å². The fourth-order valence-electron chi connectivity index (χ4n) is 4.34. The van der Waals surface area contributed by atoms with Crippen LogP contribution in [-0.2, 0) is 53.3 Å². The number of aliphatic hydroxyl groups excluding tert-OH is 2. The van der Waals surface area contributed by atoms with Crippen molar-refractivity contribution < 1.29 is 57.9 Å². The minimum absolute atomic E-state index is 0.0146. The first kappa shape index (κ1) is 32.0. The van der Waals surface area contributed by atoms with E-state index in [0.29, 0.717) is 0 Å². The quantitative estimate of drug-likeness (QED) is 0.173. The van der Waals surface area contributed by atoms with Gasteiger partial charge in [-0.15, -0.1) is 0 Å². The molecule has 4 N–H and O–H groups in total. The Bertz CT molecular complexity index is 1250. The summed E-state index contributed by atoms with van der Waals surface area (Å²) in [7, 11) is 1.04. The van der Waals surface area contributed by atoms with E-state index in [2.05, 4.69) is 0 Å². The van der Waals surface area contributed by atoms with E-state index in [1.165, 1.54) is 38.1 Å². The molecule has 0 saturated carbocycles. The van der Waals surface area contributed by atoms with E-state index in [0.717, 1.165) is 12.2 Å². The van der Waals surface area contributed by atoms with Crippen LogP contribution in [0, 0.1) is 0 Å². The number of hydroxylamine groups is 2. The van der Waals surface area contributed by atoms with Crippen molar-refractivity contribution in [2.45, 2.75) is 31.7 Å². The smallest absolute Gasteiger partial charge is 0.364 e. The molecular weight excluding hydrogens is 568 g/mol. The molecule has 0 radical (unpaired) electrons. The highest BCUT2D eigenvalue weighted by molar-refractivity contribution is 6.30. The first-order valence-corrected chi connectivity index (χ1v) is 12.9. The lowest BCUT2D eigenvalue weighted by Gasteiger charge is -2.45. The van der Waals surface area contributed by atoms with Crippen LogP contribution in [0.5, 0.6) is 0 Å². The molecule has 1 aromatic rings. The SMILES string of the molecule is CCOC(=O)C1=C(COCCOCCN)N2OC(=O)C(O)C(O)C(=O)OC1(c1cccc(Cl)c1)C(C(=O)OC)=C2C. The van der Waals surface area contributed by atoms with Crippen molar-refractivity contribution in [3.8, 4) is 0 Å². The zero-order valence-electron chi connectivity index (χ0n) is 22.6. The number of nitrogens with zero attached hydrogens (tertiary/aromatic N) is 1. The number of aliphatic hydroxyl groups is 2. The normalized spacial score (nSPS) is 22.9. The summed E-state index contributed by atoms with van der Waals surface area (Å²) in [5.74, 6) is -5.26. The number of methoxy groups -OCH3 is 1. The van der Waals surface area contributed by atoms with Crippen LogP contribution >= 0.6 is 11.6 Å². The molecule has 3 atom stereocenters. The number of nitrogens with two attached hydrogens (primary N) is 1. The van der Waals surface area contributed by atoms with Gasteiger partial charge < -0.3 is 44.5 Å². The molecule has 3 unspecified atom stereocenters. The topological polar surface area (TPSA) is 193 Å². The Morgan fingerprint density at radius 1 is 1.07 bits per heavy atom. The van der Waals surface area contributed by atoms with E-state index in [4.69, 9.17) is 45.9 Å². The number of hydrogen-bond acceptors (Lipinski definition) is 14. The third kappa shape index (κ3) is 6.37. The van der Waals surface area contributed by atoms with Gasteiger partial charge in [-0.25, -0.2) is 19.2 Å². The number of halogens is 1. The van der Waals surface area contributed by atoms with E-state index in [1.807, 2.05) is 0 Å².